The minimum absolute atomic E-state index is 0.352. The van der Waals surface area contributed by atoms with Gasteiger partial charge in [-0.05, 0) is 18.2 Å². The molecule has 1 aromatic carbocycles. The van der Waals surface area contributed by atoms with Crippen molar-refractivity contribution in [3.63, 3.8) is 0 Å². The van der Waals surface area contributed by atoms with Crippen LogP contribution in [0.15, 0.2) is 40.8 Å². The zero-order chi connectivity index (χ0) is 17.1. The molecule has 122 valence electrons. The molecule has 24 heavy (non-hydrogen) atoms. The normalized spacial score (nSPS) is 10.5. The van der Waals surface area contributed by atoms with Crippen molar-refractivity contribution in [3.8, 4) is 0 Å². The summed E-state index contributed by atoms with van der Waals surface area (Å²) in [7, 11) is 0. The molecule has 0 bridgehead atoms. The van der Waals surface area contributed by atoms with E-state index in [9.17, 15) is 19.7 Å². The first-order chi connectivity index (χ1) is 11.5. The molecule has 0 fully saturated rings. The first-order valence-corrected chi connectivity index (χ1v) is 7.41. The Morgan fingerprint density at radius 1 is 1.29 bits per heavy atom. The highest BCUT2D eigenvalue weighted by atomic mass is 32.1. The van der Waals surface area contributed by atoms with Crippen LogP contribution in [0.5, 0.6) is 0 Å². The molecule has 3 rings (SSSR count). The number of furan rings is 1. The van der Waals surface area contributed by atoms with Crippen LogP contribution in [0.4, 0.5) is 11.0 Å². The molecule has 0 aliphatic rings. The van der Waals surface area contributed by atoms with Crippen molar-refractivity contribution in [3.05, 3.63) is 52.3 Å². The van der Waals surface area contributed by atoms with Gasteiger partial charge in [-0.25, -0.2) is 9.78 Å². The number of nitro groups is 1. The number of para-hydroxylation sites is 1. The lowest BCUT2D eigenvalue weighted by atomic mass is 10.3. The van der Waals surface area contributed by atoms with Crippen LogP contribution < -0.4 is 5.32 Å². The fourth-order valence-corrected chi connectivity index (χ4v) is 2.70. The summed E-state index contributed by atoms with van der Waals surface area (Å²) in [4.78, 5) is 37.3. The van der Waals surface area contributed by atoms with Crippen molar-refractivity contribution >= 4 is 44.4 Å². The van der Waals surface area contributed by atoms with Crippen LogP contribution in [0.2, 0.25) is 0 Å². The Morgan fingerprint density at radius 3 is 2.79 bits per heavy atom. The maximum absolute atomic E-state index is 11.8. The van der Waals surface area contributed by atoms with Gasteiger partial charge in [0, 0.05) is 0 Å². The average molecular weight is 347 g/mol. The monoisotopic (exact) mass is 347 g/mol. The van der Waals surface area contributed by atoms with Gasteiger partial charge in [-0.15, -0.1) is 0 Å². The Kier molecular flexibility index (Phi) is 4.20. The number of benzene rings is 1. The van der Waals surface area contributed by atoms with Gasteiger partial charge in [-0.2, -0.15) is 0 Å². The first-order valence-electron chi connectivity index (χ1n) is 6.60. The number of nitrogens with one attached hydrogen (secondary N) is 1. The highest BCUT2D eigenvalue weighted by Gasteiger charge is 2.19. The number of fused-ring (bicyclic) bond motifs is 1. The third-order valence-electron chi connectivity index (χ3n) is 2.85. The van der Waals surface area contributed by atoms with Crippen molar-refractivity contribution in [1.29, 1.82) is 0 Å². The van der Waals surface area contributed by atoms with Gasteiger partial charge < -0.3 is 9.15 Å². The van der Waals surface area contributed by atoms with E-state index in [0.717, 1.165) is 22.3 Å². The number of carbonyl (C=O) groups is 2. The van der Waals surface area contributed by atoms with Gasteiger partial charge in [0.25, 0.3) is 5.91 Å². The summed E-state index contributed by atoms with van der Waals surface area (Å²) in [6, 6.07) is 9.50. The Labute approximate surface area is 138 Å². The number of amides is 1. The van der Waals surface area contributed by atoms with E-state index in [0.29, 0.717) is 5.13 Å². The number of hydrogen-bond acceptors (Lipinski definition) is 8. The zero-order valence-electron chi connectivity index (χ0n) is 11.9. The van der Waals surface area contributed by atoms with E-state index in [4.69, 9.17) is 4.74 Å². The van der Waals surface area contributed by atoms with Crippen LogP contribution in [-0.4, -0.2) is 28.4 Å². The first kappa shape index (κ1) is 15.6. The summed E-state index contributed by atoms with van der Waals surface area (Å²) in [6.07, 6.45) is 0. The number of nitrogens with zero attached hydrogens (tertiary/aromatic N) is 2. The summed E-state index contributed by atoms with van der Waals surface area (Å²) in [5.74, 6) is -2.48. The lowest BCUT2D eigenvalue weighted by molar-refractivity contribution is -0.402. The SMILES string of the molecule is O=C(COC(=O)c1ccc([N+](=O)[O-])o1)Nc1nc2ccccc2s1. The zero-order valence-corrected chi connectivity index (χ0v) is 12.7. The number of esters is 1. The molecule has 0 aliphatic carbocycles. The van der Waals surface area contributed by atoms with Gasteiger partial charge in [0.2, 0.25) is 5.76 Å². The third kappa shape index (κ3) is 3.38. The number of carbonyl (C=O) groups excluding carboxylic acids is 2. The molecule has 0 unspecified atom stereocenters. The summed E-state index contributed by atoms with van der Waals surface area (Å²) >= 11 is 1.29. The maximum Gasteiger partial charge on any atom is 0.433 e. The predicted octanol–water partition coefficient (Wildman–Crippen LogP) is 2.59. The summed E-state index contributed by atoms with van der Waals surface area (Å²) in [5.41, 5.74) is 0.748. The van der Waals surface area contributed by atoms with Gasteiger partial charge in [-0.1, -0.05) is 23.5 Å². The van der Waals surface area contributed by atoms with E-state index >= 15 is 0 Å². The van der Waals surface area contributed by atoms with Crippen LogP contribution in [-0.2, 0) is 9.53 Å². The van der Waals surface area contributed by atoms with E-state index in [2.05, 4.69) is 14.7 Å². The second-order valence-corrected chi connectivity index (χ2v) is 5.54. The van der Waals surface area contributed by atoms with Crippen molar-refractivity contribution in [2.75, 3.05) is 11.9 Å². The fourth-order valence-electron chi connectivity index (χ4n) is 1.82. The molecule has 10 heteroatoms. The molecule has 1 amide bonds. The summed E-state index contributed by atoms with van der Waals surface area (Å²) in [6.45, 7) is -0.566. The standard InChI is InChI=1S/C14H9N3O6S/c18-11(16-14-15-8-3-1-2-4-10(8)24-14)7-22-13(19)9-5-6-12(23-9)17(20)21/h1-6H,7H2,(H,15,16,18). The van der Waals surface area contributed by atoms with Crippen molar-refractivity contribution < 1.29 is 23.7 Å². The number of hydrogen-bond donors (Lipinski definition) is 1. The number of thiazole rings is 1. The van der Waals surface area contributed by atoms with E-state index in [-0.39, 0.29) is 5.76 Å². The molecule has 0 radical (unpaired) electrons. The molecule has 0 saturated carbocycles. The van der Waals surface area contributed by atoms with E-state index in [1.165, 1.54) is 11.3 Å². The highest BCUT2D eigenvalue weighted by molar-refractivity contribution is 7.22. The van der Waals surface area contributed by atoms with Gasteiger partial charge >= 0.3 is 11.9 Å². The van der Waals surface area contributed by atoms with E-state index < -0.39 is 29.3 Å². The molecule has 9 nitrogen and oxygen atoms in total. The average Bonchev–Trinajstić information content (AvgIpc) is 3.18. The molecule has 2 aromatic heterocycles. The second kappa shape index (κ2) is 6.46. The van der Waals surface area contributed by atoms with Gasteiger partial charge in [0.15, 0.2) is 11.7 Å². The summed E-state index contributed by atoms with van der Waals surface area (Å²) in [5, 5.41) is 13.4. The number of ether oxygens (including phenoxy) is 1. The molecular formula is C14H9N3O6S. The predicted molar refractivity (Wildman–Crippen MR) is 83.9 cm³/mol. The Hall–Kier alpha value is -3.27. The molecule has 1 N–H and O–H groups in total. The maximum atomic E-state index is 11.8. The molecule has 2 heterocycles. The summed E-state index contributed by atoms with van der Waals surface area (Å²) < 4.78 is 10.3. The minimum Gasteiger partial charge on any atom is -0.450 e. The minimum atomic E-state index is -0.970. The molecular weight excluding hydrogens is 338 g/mol. The van der Waals surface area contributed by atoms with Crippen LogP contribution in [0.3, 0.4) is 0 Å². The number of rotatable bonds is 5. The Balaban J connectivity index is 1.56. The largest absolute Gasteiger partial charge is 0.450 e. The van der Waals surface area contributed by atoms with Crippen LogP contribution >= 0.6 is 11.3 Å². The van der Waals surface area contributed by atoms with Crippen molar-refractivity contribution in [2.24, 2.45) is 0 Å². The van der Waals surface area contributed by atoms with Crippen LogP contribution in [0.1, 0.15) is 10.6 Å². The number of aromatic nitrogens is 1. The van der Waals surface area contributed by atoms with Gasteiger partial charge in [0.1, 0.15) is 4.92 Å². The second-order valence-electron chi connectivity index (χ2n) is 4.51. The van der Waals surface area contributed by atoms with Gasteiger partial charge in [0.05, 0.1) is 16.3 Å². The molecule has 0 spiro atoms. The van der Waals surface area contributed by atoms with E-state index in [1.807, 2.05) is 24.3 Å². The lowest BCUT2D eigenvalue weighted by Gasteiger charge is -2.02. The smallest absolute Gasteiger partial charge is 0.433 e. The lowest BCUT2D eigenvalue weighted by Crippen LogP contribution is -2.20. The molecule has 0 aliphatic heterocycles. The highest BCUT2D eigenvalue weighted by Crippen LogP contribution is 2.25. The fraction of sp³-hybridized carbons (Fsp3) is 0.0714. The molecule has 3 aromatic rings. The van der Waals surface area contributed by atoms with Gasteiger partial charge in [-0.3, -0.25) is 20.2 Å². The third-order valence-corrected chi connectivity index (χ3v) is 3.80. The quantitative estimate of drug-likeness (QED) is 0.427. The number of anilines is 1. The van der Waals surface area contributed by atoms with Crippen LogP contribution in [0, 0.1) is 10.1 Å². The Bertz CT molecular complexity index is 898. The van der Waals surface area contributed by atoms with Crippen molar-refractivity contribution in [1.82, 2.24) is 4.98 Å². The Morgan fingerprint density at radius 2 is 2.08 bits per heavy atom. The molecule has 0 atom stereocenters. The van der Waals surface area contributed by atoms with Crippen molar-refractivity contribution in [2.45, 2.75) is 0 Å². The van der Waals surface area contributed by atoms with Crippen LogP contribution in [0.25, 0.3) is 10.2 Å². The molecule has 0 saturated heterocycles. The topological polar surface area (TPSA) is 125 Å². The van der Waals surface area contributed by atoms with E-state index in [1.54, 1.807) is 0 Å².